The molecular weight excluding hydrogens is 377 g/mol. The zero-order chi connectivity index (χ0) is 17.6. The maximum Gasteiger partial charge on any atom is 0.120 e. The van der Waals surface area contributed by atoms with Crippen molar-refractivity contribution in [2.24, 2.45) is 0 Å². The Morgan fingerprint density at radius 1 is 1.24 bits per heavy atom. The van der Waals surface area contributed by atoms with E-state index in [4.69, 9.17) is 44.9 Å². The number of hydrogen-bond acceptors (Lipinski definition) is 3. The minimum absolute atomic E-state index is 0.254. The Morgan fingerprint density at radius 3 is 2.88 bits per heavy atom. The molecule has 3 nitrogen and oxygen atoms in total. The molecule has 1 atom stereocenters. The summed E-state index contributed by atoms with van der Waals surface area (Å²) < 4.78 is 11.4. The molecule has 1 fully saturated rings. The number of hydrogen-bond donors (Lipinski definition) is 1. The summed E-state index contributed by atoms with van der Waals surface area (Å²) in [6, 6.07) is 13.1. The Morgan fingerprint density at radius 2 is 2.12 bits per heavy atom. The Labute approximate surface area is 163 Å². The average molecular weight is 396 g/mol. The van der Waals surface area contributed by atoms with Gasteiger partial charge >= 0.3 is 0 Å². The van der Waals surface area contributed by atoms with Crippen LogP contribution in [0.1, 0.15) is 24.0 Å². The van der Waals surface area contributed by atoms with Crippen molar-refractivity contribution in [1.82, 2.24) is 5.32 Å². The van der Waals surface area contributed by atoms with Crippen molar-refractivity contribution in [2.75, 3.05) is 13.2 Å². The molecule has 0 bridgehead atoms. The quantitative estimate of drug-likeness (QED) is 0.695. The summed E-state index contributed by atoms with van der Waals surface area (Å²) in [6.45, 7) is 1.95. The van der Waals surface area contributed by atoms with Gasteiger partial charge in [-0.05, 0) is 37.1 Å². The normalized spacial score (nSPS) is 16.6. The summed E-state index contributed by atoms with van der Waals surface area (Å²) in [6.07, 6.45) is 2.46. The second-order valence-electron chi connectivity index (χ2n) is 5.90. The lowest BCUT2D eigenvalue weighted by atomic mass is 10.2. The molecule has 0 aliphatic carbocycles. The SMILES string of the molecule is S=C(NC[C@@H]1CCCO1)c1cccc(OCc2ccc(Cl)cc2Cl)c1. The summed E-state index contributed by atoms with van der Waals surface area (Å²) in [5.41, 5.74) is 1.81. The van der Waals surface area contributed by atoms with Gasteiger partial charge in [0.25, 0.3) is 0 Å². The molecule has 2 aromatic carbocycles. The van der Waals surface area contributed by atoms with Crippen LogP contribution < -0.4 is 10.1 Å². The molecule has 0 radical (unpaired) electrons. The van der Waals surface area contributed by atoms with Crippen molar-refractivity contribution in [2.45, 2.75) is 25.6 Å². The fourth-order valence-electron chi connectivity index (χ4n) is 2.64. The van der Waals surface area contributed by atoms with Crippen LogP contribution in [0, 0.1) is 0 Å². The van der Waals surface area contributed by atoms with Gasteiger partial charge in [-0.2, -0.15) is 0 Å². The Kier molecular flexibility index (Phi) is 6.54. The lowest BCUT2D eigenvalue weighted by Gasteiger charge is -2.14. The van der Waals surface area contributed by atoms with E-state index in [2.05, 4.69) is 5.32 Å². The largest absolute Gasteiger partial charge is 0.489 e. The van der Waals surface area contributed by atoms with Crippen molar-refractivity contribution >= 4 is 40.4 Å². The first kappa shape index (κ1) is 18.5. The minimum Gasteiger partial charge on any atom is -0.489 e. The van der Waals surface area contributed by atoms with Crippen molar-refractivity contribution in [3.05, 3.63) is 63.6 Å². The van der Waals surface area contributed by atoms with Gasteiger partial charge in [0.1, 0.15) is 17.3 Å². The molecule has 25 heavy (non-hydrogen) atoms. The molecule has 132 valence electrons. The maximum atomic E-state index is 6.17. The molecule has 6 heteroatoms. The highest BCUT2D eigenvalue weighted by Crippen LogP contribution is 2.23. The summed E-state index contributed by atoms with van der Waals surface area (Å²) >= 11 is 17.6. The standard InChI is InChI=1S/C19H19Cl2NO2S/c20-15-7-6-14(18(21)10-15)12-24-16-4-1-3-13(9-16)19(25)22-11-17-5-2-8-23-17/h1,3-4,6-7,9-10,17H,2,5,8,11-12H2,(H,22,25)/t17-/m0/s1. The van der Waals surface area contributed by atoms with E-state index in [1.54, 1.807) is 12.1 Å². The summed E-state index contributed by atoms with van der Waals surface area (Å²) in [4.78, 5) is 0.700. The van der Waals surface area contributed by atoms with E-state index in [1.165, 1.54) is 0 Å². The molecule has 3 rings (SSSR count). The zero-order valence-electron chi connectivity index (χ0n) is 13.6. The number of thiocarbonyl (C=S) groups is 1. The molecule has 1 heterocycles. The predicted octanol–water partition coefficient (Wildman–Crippen LogP) is 5.02. The van der Waals surface area contributed by atoms with Crippen LogP contribution in [-0.2, 0) is 11.3 Å². The van der Waals surface area contributed by atoms with Gasteiger partial charge in [0.2, 0.25) is 0 Å². The Bertz CT molecular complexity index is 748. The number of nitrogens with one attached hydrogen (secondary N) is 1. The molecule has 2 aromatic rings. The first-order valence-electron chi connectivity index (χ1n) is 8.18. The van der Waals surface area contributed by atoms with E-state index in [1.807, 2.05) is 30.3 Å². The Balaban J connectivity index is 1.57. The molecule has 0 amide bonds. The molecule has 1 aliphatic heterocycles. The highest BCUT2D eigenvalue weighted by atomic mass is 35.5. The lowest BCUT2D eigenvalue weighted by Crippen LogP contribution is -2.31. The molecule has 1 saturated heterocycles. The molecule has 1 aliphatic rings. The number of rotatable bonds is 6. The Hall–Kier alpha value is -1.33. The fourth-order valence-corrected chi connectivity index (χ4v) is 3.31. The molecule has 1 N–H and O–H groups in total. The highest BCUT2D eigenvalue weighted by Gasteiger charge is 2.15. The van der Waals surface area contributed by atoms with Crippen LogP contribution in [-0.4, -0.2) is 24.2 Å². The number of ether oxygens (including phenoxy) is 2. The van der Waals surface area contributed by atoms with Gasteiger partial charge in [-0.1, -0.05) is 53.6 Å². The van der Waals surface area contributed by atoms with Crippen LogP contribution in [0.3, 0.4) is 0 Å². The van der Waals surface area contributed by atoms with Crippen LogP contribution in [0.15, 0.2) is 42.5 Å². The van der Waals surface area contributed by atoms with Gasteiger partial charge in [0.05, 0.1) is 6.10 Å². The third kappa shape index (κ3) is 5.32. The first-order chi connectivity index (χ1) is 12.1. The van der Waals surface area contributed by atoms with Crippen molar-refractivity contribution < 1.29 is 9.47 Å². The van der Waals surface area contributed by atoms with Gasteiger partial charge in [-0.25, -0.2) is 0 Å². The second-order valence-corrected chi connectivity index (χ2v) is 7.15. The fraction of sp³-hybridized carbons (Fsp3) is 0.316. The smallest absolute Gasteiger partial charge is 0.120 e. The van der Waals surface area contributed by atoms with Crippen LogP contribution in [0.5, 0.6) is 5.75 Å². The van der Waals surface area contributed by atoms with E-state index in [0.717, 1.165) is 42.9 Å². The number of halogens is 2. The van der Waals surface area contributed by atoms with Gasteiger partial charge in [0, 0.05) is 34.3 Å². The molecule has 0 aromatic heterocycles. The average Bonchev–Trinajstić information content (AvgIpc) is 3.13. The van der Waals surface area contributed by atoms with Crippen molar-refractivity contribution in [1.29, 1.82) is 0 Å². The maximum absolute atomic E-state index is 6.17. The van der Waals surface area contributed by atoms with Crippen LogP contribution in [0.25, 0.3) is 0 Å². The summed E-state index contributed by atoms with van der Waals surface area (Å²) in [5.74, 6) is 0.741. The molecule has 0 unspecified atom stereocenters. The van der Waals surface area contributed by atoms with E-state index < -0.39 is 0 Å². The van der Waals surface area contributed by atoms with E-state index in [0.29, 0.717) is 21.6 Å². The lowest BCUT2D eigenvalue weighted by molar-refractivity contribution is 0.114. The van der Waals surface area contributed by atoms with Crippen LogP contribution in [0.2, 0.25) is 10.0 Å². The predicted molar refractivity (Wildman–Crippen MR) is 106 cm³/mol. The second kappa shape index (κ2) is 8.86. The third-order valence-electron chi connectivity index (χ3n) is 4.02. The van der Waals surface area contributed by atoms with E-state index in [9.17, 15) is 0 Å². The number of benzene rings is 2. The van der Waals surface area contributed by atoms with E-state index >= 15 is 0 Å². The van der Waals surface area contributed by atoms with Gasteiger partial charge in [-0.15, -0.1) is 0 Å². The monoisotopic (exact) mass is 395 g/mol. The van der Waals surface area contributed by atoms with Gasteiger partial charge < -0.3 is 14.8 Å². The highest BCUT2D eigenvalue weighted by molar-refractivity contribution is 7.80. The topological polar surface area (TPSA) is 30.5 Å². The molecule has 0 saturated carbocycles. The van der Waals surface area contributed by atoms with Crippen LogP contribution in [0.4, 0.5) is 0 Å². The zero-order valence-corrected chi connectivity index (χ0v) is 16.0. The molecular formula is C19H19Cl2NO2S. The minimum atomic E-state index is 0.254. The summed E-state index contributed by atoms with van der Waals surface area (Å²) in [7, 11) is 0. The third-order valence-corrected chi connectivity index (χ3v) is 4.99. The van der Waals surface area contributed by atoms with Crippen molar-refractivity contribution in [3.63, 3.8) is 0 Å². The van der Waals surface area contributed by atoms with Gasteiger partial charge in [0.15, 0.2) is 0 Å². The first-order valence-corrected chi connectivity index (χ1v) is 9.35. The van der Waals surface area contributed by atoms with Crippen molar-refractivity contribution in [3.8, 4) is 5.75 Å². The van der Waals surface area contributed by atoms with E-state index in [-0.39, 0.29) is 6.10 Å². The van der Waals surface area contributed by atoms with Gasteiger partial charge in [-0.3, -0.25) is 0 Å². The molecule has 0 spiro atoms. The van der Waals surface area contributed by atoms with Crippen LogP contribution >= 0.6 is 35.4 Å². The summed E-state index contributed by atoms with van der Waals surface area (Å²) in [5, 5.41) is 4.48.